The Morgan fingerprint density at radius 1 is 1.31 bits per heavy atom. The molecule has 16 heavy (non-hydrogen) atoms. The molecule has 0 fully saturated rings. The molecule has 5 heteroatoms. The van der Waals surface area contributed by atoms with Crippen molar-refractivity contribution in [2.24, 2.45) is 0 Å². The van der Waals surface area contributed by atoms with E-state index in [0.29, 0.717) is 5.02 Å². The van der Waals surface area contributed by atoms with Crippen molar-refractivity contribution in [2.75, 3.05) is 0 Å². The van der Waals surface area contributed by atoms with Crippen molar-refractivity contribution >= 4 is 22.5 Å². The van der Waals surface area contributed by atoms with Gasteiger partial charge in [-0.1, -0.05) is 11.6 Å². The van der Waals surface area contributed by atoms with Crippen LogP contribution in [0.3, 0.4) is 0 Å². The number of halogens is 1. The molecule has 0 saturated heterocycles. The van der Waals surface area contributed by atoms with Crippen LogP contribution in [0.2, 0.25) is 5.02 Å². The summed E-state index contributed by atoms with van der Waals surface area (Å²) in [6.45, 7) is 1.95. The van der Waals surface area contributed by atoms with Crippen molar-refractivity contribution < 1.29 is 0 Å². The van der Waals surface area contributed by atoms with Gasteiger partial charge in [0.05, 0.1) is 28.1 Å². The van der Waals surface area contributed by atoms with Gasteiger partial charge < -0.3 is 0 Å². The van der Waals surface area contributed by atoms with Crippen LogP contribution in [0.25, 0.3) is 16.6 Å². The van der Waals surface area contributed by atoms with Gasteiger partial charge in [0.25, 0.3) is 0 Å². The molecule has 1 N–H and O–H groups in total. The summed E-state index contributed by atoms with van der Waals surface area (Å²) in [6.07, 6.45) is 3.64. The Hall–Kier alpha value is -1.81. The summed E-state index contributed by atoms with van der Waals surface area (Å²) in [5.74, 6) is 0. The Morgan fingerprint density at radius 3 is 2.94 bits per heavy atom. The number of aromatic amines is 1. The average Bonchev–Trinajstić information content (AvgIpc) is 2.87. The first-order chi connectivity index (χ1) is 7.75. The molecule has 0 aliphatic heterocycles. The van der Waals surface area contributed by atoms with Gasteiger partial charge in [0.1, 0.15) is 0 Å². The van der Waals surface area contributed by atoms with Gasteiger partial charge in [0, 0.05) is 11.6 Å². The molecule has 0 bridgehead atoms. The first-order valence-electron chi connectivity index (χ1n) is 4.90. The molecule has 0 radical (unpaired) electrons. The highest BCUT2D eigenvalue weighted by Gasteiger charge is 2.08. The quantitative estimate of drug-likeness (QED) is 0.701. The van der Waals surface area contributed by atoms with E-state index in [0.717, 1.165) is 22.3 Å². The highest BCUT2D eigenvalue weighted by molar-refractivity contribution is 6.35. The predicted molar refractivity (Wildman–Crippen MR) is 63.0 cm³/mol. The highest BCUT2D eigenvalue weighted by atomic mass is 35.5. The molecule has 0 aliphatic rings. The molecule has 3 rings (SSSR count). The minimum Gasteiger partial charge on any atom is -0.276 e. The van der Waals surface area contributed by atoms with Gasteiger partial charge >= 0.3 is 0 Å². The van der Waals surface area contributed by atoms with Gasteiger partial charge in [-0.2, -0.15) is 10.2 Å². The summed E-state index contributed by atoms with van der Waals surface area (Å²) in [7, 11) is 0. The molecular weight excluding hydrogens is 224 g/mol. The van der Waals surface area contributed by atoms with Crippen molar-refractivity contribution in [3.8, 4) is 5.69 Å². The third-order valence-corrected chi connectivity index (χ3v) is 2.84. The second kappa shape index (κ2) is 3.35. The second-order valence-electron chi connectivity index (χ2n) is 3.63. The average molecular weight is 233 g/mol. The predicted octanol–water partition coefficient (Wildman–Crippen LogP) is 2.71. The Balaban J connectivity index is 2.32. The van der Waals surface area contributed by atoms with Gasteiger partial charge in [-0.3, -0.25) is 5.10 Å². The normalized spacial score (nSPS) is 11.1. The van der Waals surface area contributed by atoms with Gasteiger partial charge in [0.15, 0.2) is 0 Å². The standard InChI is InChI=1S/C11H9ClN4/c1-7-4-5-16(15-7)10-3-2-9(12)8-6-13-14-11(8)10/h2-6H,1H3,(H,13,14). The zero-order valence-electron chi connectivity index (χ0n) is 8.61. The van der Waals surface area contributed by atoms with Crippen molar-refractivity contribution in [3.05, 3.63) is 41.3 Å². The van der Waals surface area contributed by atoms with Crippen LogP contribution in [0.5, 0.6) is 0 Å². The number of aryl methyl sites for hydroxylation is 1. The molecular formula is C11H9ClN4. The number of benzene rings is 1. The van der Waals surface area contributed by atoms with Crippen LogP contribution in [0.4, 0.5) is 0 Å². The van der Waals surface area contributed by atoms with E-state index in [2.05, 4.69) is 15.3 Å². The Labute approximate surface area is 96.8 Å². The number of hydrogen-bond donors (Lipinski definition) is 1. The fraction of sp³-hybridized carbons (Fsp3) is 0.0909. The lowest BCUT2D eigenvalue weighted by Gasteiger charge is -2.03. The summed E-state index contributed by atoms with van der Waals surface area (Å²) < 4.78 is 1.81. The van der Waals surface area contributed by atoms with Crippen LogP contribution in [0.1, 0.15) is 5.69 Å². The van der Waals surface area contributed by atoms with E-state index in [1.54, 1.807) is 6.20 Å². The van der Waals surface area contributed by atoms with E-state index in [4.69, 9.17) is 11.6 Å². The van der Waals surface area contributed by atoms with Gasteiger partial charge in [-0.15, -0.1) is 0 Å². The monoisotopic (exact) mass is 232 g/mol. The molecule has 0 saturated carbocycles. The SMILES string of the molecule is Cc1ccn(-c2ccc(Cl)c3cn[nH]c23)n1. The minimum absolute atomic E-state index is 0.691. The molecule has 0 spiro atoms. The first-order valence-corrected chi connectivity index (χ1v) is 5.28. The van der Waals surface area contributed by atoms with E-state index in [-0.39, 0.29) is 0 Å². The van der Waals surface area contributed by atoms with E-state index in [9.17, 15) is 0 Å². The van der Waals surface area contributed by atoms with E-state index in [1.807, 2.05) is 36.0 Å². The summed E-state index contributed by atoms with van der Waals surface area (Å²) in [5, 5.41) is 12.9. The summed E-state index contributed by atoms with van der Waals surface area (Å²) in [4.78, 5) is 0. The Kier molecular flexibility index (Phi) is 1.97. The highest BCUT2D eigenvalue weighted by Crippen LogP contribution is 2.26. The molecule has 0 atom stereocenters. The van der Waals surface area contributed by atoms with Crippen LogP contribution in [0.15, 0.2) is 30.6 Å². The lowest BCUT2D eigenvalue weighted by molar-refractivity contribution is 0.865. The number of rotatable bonds is 1. The molecule has 1 aromatic carbocycles. The molecule has 3 aromatic rings. The van der Waals surface area contributed by atoms with E-state index >= 15 is 0 Å². The molecule has 0 amide bonds. The fourth-order valence-electron chi connectivity index (χ4n) is 1.73. The maximum atomic E-state index is 6.07. The molecule has 4 nitrogen and oxygen atoms in total. The van der Waals surface area contributed by atoms with Gasteiger partial charge in [0.2, 0.25) is 0 Å². The smallest absolute Gasteiger partial charge is 0.0922 e. The van der Waals surface area contributed by atoms with E-state index in [1.165, 1.54) is 0 Å². The maximum Gasteiger partial charge on any atom is 0.0922 e. The summed E-state index contributed by atoms with van der Waals surface area (Å²) >= 11 is 6.07. The third kappa shape index (κ3) is 1.31. The van der Waals surface area contributed by atoms with E-state index < -0.39 is 0 Å². The maximum absolute atomic E-state index is 6.07. The van der Waals surface area contributed by atoms with Gasteiger partial charge in [-0.05, 0) is 25.1 Å². The zero-order chi connectivity index (χ0) is 11.1. The number of fused-ring (bicyclic) bond motifs is 1. The summed E-state index contributed by atoms with van der Waals surface area (Å²) in [5.41, 5.74) is 2.82. The van der Waals surface area contributed by atoms with Crippen molar-refractivity contribution in [2.45, 2.75) is 6.92 Å². The second-order valence-corrected chi connectivity index (χ2v) is 4.03. The fourth-order valence-corrected chi connectivity index (χ4v) is 1.93. The van der Waals surface area contributed by atoms with Crippen LogP contribution < -0.4 is 0 Å². The Morgan fingerprint density at radius 2 is 2.19 bits per heavy atom. The topological polar surface area (TPSA) is 46.5 Å². The molecule has 0 aliphatic carbocycles. The number of H-pyrrole nitrogens is 1. The van der Waals surface area contributed by atoms with Crippen LogP contribution in [-0.4, -0.2) is 20.0 Å². The third-order valence-electron chi connectivity index (χ3n) is 2.51. The lowest BCUT2D eigenvalue weighted by Crippen LogP contribution is -1.96. The first kappa shape index (κ1) is 9.42. The Bertz CT molecular complexity index is 653. The number of nitrogens with zero attached hydrogens (tertiary/aromatic N) is 3. The minimum atomic E-state index is 0.691. The molecule has 0 unspecified atom stereocenters. The summed E-state index contributed by atoms with van der Waals surface area (Å²) in [6, 6.07) is 5.73. The number of nitrogens with one attached hydrogen (secondary N) is 1. The van der Waals surface area contributed by atoms with Crippen molar-refractivity contribution in [3.63, 3.8) is 0 Å². The zero-order valence-corrected chi connectivity index (χ0v) is 9.36. The molecule has 2 heterocycles. The van der Waals surface area contributed by atoms with Gasteiger partial charge in [-0.25, -0.2) is 4.68 Å². The van der Waals surface area contributed by atoms with Crippen LogP contribution in [-0.2, 0) is 0 Å². The van der Waals surface area contributed by atoms with Crippen molar-refractivity contribution in [1.82, 2.24) is 20.0 Å². The molecule has 2 aromatic heterocycles. The van der Waals surface area contributed by atoms with Crippen LogP contribution >= 0.6 is 11.6 Å². The van der Waals surface area contributed by atoms with Crippen molar-refractivity contribution in [1.29, 1.82) is 0 Å². The number of hydrogen-bond acceptors (Lipinski definition) is 2. The number of aromatic nitrogens is 4. The lowest BCUT2D eigenvalue weighted by atomic mass is 10.2. The molecule has 80 valence electrons. The van der Waals surface area contributed by atoms with Crippen LogP contribution in [0, 0.1) is 6.92 Å². The largest absolute Gasteiger partial charge is 0.276 e.